The third-order valence-corrected chi connectivity index (χ3v) is 5.07. The molecule has 0 saturated carbocycles. The van der Waals surface area contributed by atoms with Gasteiger partial charge in [-0.05, 0) is 63.1 Å². The van der Waals surface area contributed by atoms with Crippen molar-refractivity contribution in [3.8, 4) is 11.5 Å². The van der Waals surface area contributed by atoms with Gasteiger partial charge in [-0.3, -0.25) is 9.59 Å². The maximum Gasteiger partial charge on any atom is 0.313 e. The third-order valence-electron chi connectivity index (χ3n) is 5.07. The lowest BCUT2D eigenvalue weighted by molar-refractivity contribution is -0.142. The molecule has 28 heavy (non-hydrogen) atoms. The molecule has 0 bridgehead atoms. The molecule has 0 saturated heterocycles. The Kier molecular flexibility index (Phi) is 6.02. The van der Waals surface area contributed by atoms with Gasteiger partial charge in [-0.15, -0.1) is 0 Å². The average Bonchev–Trinajstić information content (AvgIpc) is 2.67. The average molecular weight is 385 g/mol. The lowest BCUT2D eigenvalue weighted by Crippen LogP contribution is -2.34. The first kappa shape index (κ1) is 21.3. The van der Waals surface area contributed by atoms with Crippen molar-refractivity contribution in [2.45, 2.75) is 38.5 Å². The molecule has 0 aliphatic rings. The van der Waals surface area contributed by atoms with Crippen LogP contribution in [0.15, 0.2) is 42.5 Å². The van der Waals surface area contributed by atoms with Gasteiger partial charge in [-0.1, -0.05) is 18.2 Å². The van der Waals surface area contributed by atoms with Gasteiger partial charge in [0, 0.05) is 5.69 Å². The summed E-state index contributed by atoms with van der Waals surface area (Å²) in [5.41, 5.74) is 0.229. The van der Waals surface area contributed by atoms with Crippen LogP contribution < -0.4 is 14.8 Å². The molecule has 6 heteroatoms. The van der Waals surface area contributed by atoms with Crippen molar-refractivity contribution >= 4 is 17.6 Å². The van der Waals surface area contributed by atoms with Crippen molar-refractivity contribution in [2.24, 2.45) is 0 Å². The zero-order valence-corrected chi connectivity index (χ0v) is 17.1. The molecule has 1 amide bonds. The molecule has 6 nitrogen and oxygen atoms in total. The van der Waals surface area contributed by atoms with E-state index < -0.39 is 16.8 Å². The van der Waals surface area contributed by atoms with E-state index in [0.29, 0.717) is 22.7 Å². The number of aliphatic carboxylic acids is 1. The molecule has 0 aliphatic carbocycles. The van der Waals surface area contributed by atoms with Gasteiger partial charge in [0.2, 0.25) is 5.91 Å². The first-order valence-electron chi connectivity index (χ1n) is 8.92. The molecule has 0 aromatic heterocycles. The molecule has 2 rings (SSSR count). The second-order valence-electron chi connectivity index (χ2n) is 7.66. The van der Waals surface area contributed by atoms with Crippen LogP contribution in [0.4, 0.5) is 5.69 Å². The fraction of sp³-hybridized carbons (Fsp3) is 0.364. The second kappa shape index (κ2) is 7.92. The van der Waals surface area contributed by atoms with Gasteiger partial charge in [-0.25, -0.2) is 0 Å². The van der Waals surface area contributed by atoms with E-state index in [1.807, 2.05) is 19.9 Å². The molecule has 0 atom stereocenters. The number of carboxylic acid groups (broad SMARTS) is 1. The zero-order chi connectivity index (χ0) is 21.1. The predicted molar refractivity (Wildman–Crippen MR) is 108 cm³/mol. The summed E-state index contributed by atoms with van der Waals surface area (Å²) < 4.78 is 10.6. The summed E-state index contributed by atoms with van der Waals surface area (Å²) in [6.07, 6.45) is 0. The van der Waals surface area contributed by atoms with Crippen molar-refractivity contribution in [3.05, 3.63) is 53.6 Å². The van der Waals surface area contributed by atoms with E-state index in [1.54, 1.807) is 64.5 Å². The minimum Gasteiger partial charge on any atom is -0.493 e. The Bertz CT molecular complexity index is 869. The number of nitrogens with one attached hydrogen (secondary N) is 1. The minimum atomic E-state index is -0.999. The highest BCUT2D eigenvalue weighted by molar-refractivity contribution is 5.98. The van der Waals surface area contributed by atoms with Crippen molar-refractivity contribution in [2.75, 3.05) is 19.5 Å². The lowest BCUT2D eigenvalue weighted by Gasteiger charge is -2.25. The van der Waals surface area contributed by atoms with E-state index in [2.05, 4.69) is 5.32 Å². The molecule has 0 spiro atoms. The standard InChI is InChI=1S/C22H27NO5/c1-21(2,15-9-12-17(27-5)18(13-15)28-6)19(24)23-16-10-7-14(8-11-16)22(3,4)20(25)26/h7-13H,1-6H3,(H,23,24)(H,25,26). The molecule has 0 heterocycles. The summed E-state index contributed by atoms with van der Waals surface area (Å²) in [6, 6.07) is 12.2. The minimum absolute atomic E-state index is 0.190. The lowest BCUT2D eigenvalue weighted by atomic mass is 9.83. The Balaban J connectivity index is 2.23. The van der Waals surface area contributed by atoms with E-state index in [9.17, 15) is 14.7 Å². The Labute approximate surface area is 165 Å². The SMILES string of the molecule is COc1ccc(C(C)(C)C(=O)Nc2ccc(C(C)(C)C(=O)O)cc2)cc1OC. The maximum atomic E-state index is 12.9. The summed E-state index contributed by atoms with van der Waals surface area (Å²) in [5.74, 6) is 0.0593. The summed E-state index contributed by atoms with van der Waals surface area (Å²) in [6.45, 7) is 6.93. The smallest absolute Gasteiger partial charge is 0.313 e. The van der Waals surface area contributed by atoms with E-state index in [-0.39, 0.29) is 5.91 Å². The first-order chi connectivity index (χ1) is 13.0. The van der Waals surface area contributed by atoms with Gasteiger partial charge in [0.05, 0.1) is 25.0 Å². The van der Waals surface area contributed by atoms with Gasteiger partial charge in [0.15, 0.2) is 11.5 Å². The van der Waals surface area contributed by atoms with Crippen LogP contribution in [0.1, 0.15) is 38.8 Å². The monoisotopic (exact) mass is 385 g/mol. The molecular weight excluding hydrogens is 358 g/mol. The van der Waals surface area contributed by atoms with E-state index in [0.717, 1.165) is 5.56 Å². The topological polar surface area (TPSA) is 84.9 Å². The van der Waals surface area contributed by atoms with Gasteiger partial charge >= 0.3 is 5.97 Å². The Morgan fingerprint density at radius 1 is 0.821 bits per heavy atom. The normalized spacial score (nSPS) is 11.6. The number of benzene rings is 2. The highest BCUT2D eigenvalue weighted by atomic mass is 16.5. The van der Waals surface area contributed by atoms with Crippen molar-refractivity contribution in [1.82, 2.24) is 0 Å². The van der Waals surface area contributed by atoms with Crippen LogP contribution in [0.5, 0.6) is 11.5 Å². The number of hydrogen-bond acceptors (Lipinski definition) is 4. The Hall–Kier alpha value is -3.02. The number of carbonyl (C=O) groups is 2. The number of ether oxygens (including phenoxy) is 2. The third kappa shape index (κ3) is 4.11. The van der Waals surface area contributed by atoms with Crippen LogP contribution in [-0.2, 0) is 20.4 Å². The molecule has 0 unspecified atom stereocenters. The van der Waals surface area contributed by atoms with Crippen LogP contribution in [-0.4, -0.2) is 31.2 Å². The number of methoxy groups -OCH3 is 2. The molecule has 0 fully saturated rings. The highest BCUT2D eigenvalue weighted by Crippen LogP contribution is 2.34. The second-order valence-corrected chi connectivity index (χ2v) is 7.66. The largest absolute Gasteiger partial charge is 0.493 e. The molecule has 2 aromatic carbocycles. The van der Waals surface area contributed by atoms with Crippen LogP contribution in [0, 0.1) is 0 Å². The highest BCUT2D eigenvalue weighted by Gasteiger charge is 2.32. The fourth-order valence-electron chi connectivity index (χ4n) is 2.74. The van der Waals surface area contributed by atoms with Crippen LogP contribution >= 0.6 is 0 Å². The van der Waals surface area contributed by atoms with Crippen molar-refractivity contribution in [3.63, 3.8) is 0 Å². The van der Waals surface area contributed by atoms with Crippen molar-refractivity contribution < 1.29 is 24.2 Å². The van der Waals surface area contributed by atoms with E-state index >= 15 is 0 Å². The quantitative estimate of drug-likeness (QED) is 0.753. The first-order valence-corrected chi connectivity index (χ1v) is 8.92. The summed E-state index contributed by atoms with van der Waals surface area (Å²) in [7, 11) is 3.11. The number of anilines is 1. The number of rotatable bonds is 7. The molecule has 0 aliphatic heterocycles. The van der Waals surface area contributed by atoms with Crippen LogP contribution in [0.2, 0.25) is 0 Å². The van der Waals surface area contributed by atoms with Gasteiger partial charge in [-0.2, -0.15) is 0 Å². The predicted octanol–water partition coefficient (Wildman–Crippen LogP) is 3.98. The fourth-order valence-corrected chi connectivity index (χ4v) is 2.74. The Morgan fingerprint density at radius 2 is 1.36 bits per heavy atom. The summed E-state index contributed by atoms with van der Waals surface area (Å²) in [5, 5.41) is 12.2. The van der Waals surface area contributed by atoms with Crippen LogP contribution in [0.3, 0.4) is 0 Å². The molecule has 150 valence electrons. The number of hydrogen-bond donors (Lipinski definition) is 2. The van der Waals surface area contributed by atoms with Gasteiger partial charge in [0.25, 0.3) is 0 Å². The summed E-state index contributed by atoms with van der Waals surface area (Å²) >= 11 is 0. The van der Waals surface area contributed by atoms with Gasteiger partial charge in [0.1, 0.15) is 0 Å². The van der Waals surface area contributed by atoms with E-state index in [1.165, 1.54) is 0 Å². The van der Waals surface area contributed by atoms with E-state index in [4.69, 9.17) is 9.47 Å². The number of carbonyl (C=O) groups excluding carboxylic acids is 1. The molecule has 0 radical (unpaired) electrons. The van der Waals surface area contributed by atoms with Crippen LogP contribution in [0.25, 0.3) is 0 Å². The maximum absolute atomic E-state index is 12.9. The molecule has 2 N–H and O–H groups in total. The Morgan fingerprint density at radius 3 is 1.86 bits per heavy atom. The van der Waals surface area contributed by atoms with Crippen molar-refractivity contribution in [1.29, 1.82) is 0 Å². The number of carboxylic acids is 1. The molecular formula is C22H27NO5. The zero-order valence-electron chi connectivity index (χ0n) is 17.1. The van der Waals surface area contributed by atoms with Gasteiger partial charge < -0.3 is 19.9 Å². The molecule has 2 aromatic rings. The number of amides is 1. The summed E-state index contributed by atoms with van der Waals surface area (Å²) in [4.78, 5) is 24.3.